The molecule has 5 heteroatoms. The number of aliphatic hydroxyl groups excluding tert-OH is 1. The zero-order valence-electron chi connectivity index (χ0n) is 12.1. The maximum absolute atomic E-state index is 12.0. The molecule has 1 saturated heterocycles. The lowest BCUT2D eigenvalue weighted by atomic mass is 10.1. The topological polar surface area (TPSA) is 61.8 Å². The Morgan fingerprint density at radius 1 is 1.48 bits per heavy atom. The van der Waals surface area contributed by atoms with E-state index in [2.05, 4.69) is 22.1 Å². The van der Waals surface area contributed by atoms with Crippen molar-refractivity contribution in [1.82, 2.24) is 10.2 Å². The van der Waals surface area contributed by atoms with Crippen LogP contribution in [0.25, 0.3) is 0 Å². The molecule has 1 aromatic carbocycles. The first kappa shape index (κ1) is 15.5. The Bertz CT molecular complexity index is 531. The standard InChI is InChI=1S/C16H20N2O3/c1-18-8-10-21-15(12-18)11-17-16(20)14-6-4-13(5-7-14)3-2-9-19/h4-7,15,19H,8-12H2,1H3,(H,17,20). The molecule has 1 aromatic rings. The lowest BCUT2D eigenvalue weighted by molar-refractivity contribution is -0.0175. The zero-order valence-corrected chi connectivity index (χ0v) is 12.1. The average molecular weight is 288 g/mol. The SMILES string of the molecule is CN1CCOC(CNC(=O)c2ccc(C#CCO)cc2)C1. The van der Waals surface area contributed by atoms with E-state index in [-0.39, 0.29) is 18.6 Å². The Balaban J connectivity index is 1.85. The van der Waals surface area contributed by atoms with E-state index in [0.717, 1.165) is 18.7 Å². The van der Waals surface area contributed by atoms with Gasteiger partial charge in [-0.05, 0) is 31.3 Å². The molecule has 0 saturated carbocycles. The molecule has 21 heavy (non-hydrogen) atoms. The number of carbonyl (C=O) groups is 1. The maximum Gasteiger partial charge on any atom is 0.251 e. The summed E-state index contributed by atoms with van der Waals surface area (Å²) in [4.78, 5) is 14.2. The number of nitrogens with zero attached hydrogens (tertiary/aromatic N) is 1. The minimum atomic E-state index is -0.169. The summed E-state index contributed by atoms with van der Waals surface area (Å²) in [5.74, 6) is 5.24. The molecule has 2 rings (SSSR count). The number of aliphatic hydroxyl groups is 1. The second-order valence-corrected chi connectivity index (χ2v) is 5.00. The first-order valence-corrected chi connectivity index (χ1v) is 6.97. The van der Waals surface area contributed by atoms with Crippen molar-refractivity contribution in [1.29, 1.82) is 0 Å². The summed E-state index contributed by atoms with van der Waals surface area (Å²) in [6, 6.07) is 6.99. The van der Waals surface area contributed by atoms with Crippen molar-refractivity contribution in [3.05, 3.63) is 35.4 Å². The van der Waals surface area contributed by atoms with E-state index >= 15 is 0 Å². The zero-order chi connectivity index (χ0) is 15.1. The fourth-order valence-electron chi connectivity index (χ4n) is 2.15. The van der Waals surface area contributed by atoms with E-state index in [1.165, 1.54) is 0 Å². The predicted octanol–water partition coefficient (Wildman–Crippen LogP) is 0.0908. The van der Waals surface area contributed by atoms with Gasteiger partial charge in [0.15, 0.2) is 0 Å². The van der Waals surface area contributed by atoms with E-state index in [9.17, 15) is 4.79 Å². The van der Waals surface area contributed by atoms with Crippen molar-refractivity contribution in [3.63, 3.8) is 0 Å². The monoisotopic (exact) mass is 288 g/mol. The van der Waals surface area contributed by atoms with Crippen LogP contribution in [0.2, 0.25) is 0 Å². The van der Waals surface area contributed by atoms with E-state index in [0.29, 0.717) is 18.7 Å². The number of likely N-dealkylation sites (N-methyl/N-ethyl adjacent to an activating group) is 1. The molecule has 2 N–H and O–H groups in total. The normalized spacial score (nSPS) is 18.7. The van der Waals surface area contributed by atoms with Crippen LogP contribution < -0.4 is 5.32 Å². The van der Waals surface area contributed by atoms with Gasteiger partial charge >= 0.3 is 0 Å². The number of morpholine rings is 1. The number of hydrogen-bond acceptors (Lipinski definition) is 4. The molecule has 1 atom stereocenters. The lowest BCUT2D eigenvalue weighted by Gasteiger charge is -2.30. The summed E-state index contributed by atoms with van der Waals surface area (Å²) in [5.41, 5.74) is 1.37. The van der Waals surface area contributed by atoms with Crippen molar-refractivity contribution in [2.24, 2.45) is 0 Å². The van der Waals surface area contributed by atoms with Crippen molar-refractivity contribution in [3.8, 4) is 11.8 Å². The van der Waals surface area contributed by atoms with E-state index < -0.39 is 0 Å². The molecular formula is C16H20N2O3. The molecule has 0 radical (unpaired) electrons. The highest BCUT2D eigenvalue weighted by Crippen LogP contribution is 2.05. The Morgan fingerprint density at radius 3 is 2.90 bits per heavy atom. The molecule has 5 nitrogen and oxygen atoms in total. The minimum absolute atomic E-state index is 0.0439. The van der Waals surface area contributed by atoms with Crippen LogP contribution >= 0.6 is 0 Å². The van der Waals surface area contributed by atoms with Crippen LogP contribution in [0.5, 0.6) is 0 Å². The molecule has 1 aliphatic heterocycles. The van der Waals surface area contributed by atoms with Gasteiger partial charge in [0.25, 0.3) is 5.91 Å². The van der Waals surface area contributed by atoms with E-state index in [4.69, 9.17) is 9.84 Å². The van der Waals surface area contributed by atoms with Crippen molar-refractivity contribution >= 4 is 5.91 Å². The number of ether oxygens (including phenoxy) is 1. The van der Waals surface area contributed by atoms with Gasteiger partial charge in [-0.1, -0.05) is 11.8 Å². The molecule has 1 unspecified atom stereocenters. The third-order valence-electron chi connectivity index (χ3n) is 3.29. The highest BCUT2D eigenvalue weighted by molar-refractivity contribution is 5.94. The predicted molar refractivity (Wildman–Crippen MR) is 80.0 cm³/mol. The molecule has 1 heterocycles. The van der Waals surface area contributed by atoms with Gasteiger partial charge in [-0.15, -0.1) is 0 Å². The molecule has 1 fully saturated rings. The molecule has 0 bridgehead atoms. The van der Waals surface area contributed by atoms with Gasteiger partial charge in [-0.25, -0.2) is 0 Å². The van der Waals surface area contributed by atoms with Gasteiger partial charge in [0.05, 0.1) is 12.7 Å². The summed E-state index contributed by atoms with van der Waals surface area (Å²) in [7, 11) is 2.05. The van der Waals surface area contributed by atoms with Crippen LogP contribution in [0, 0.1) is 11.8 Å². The van der Waals surface area contributed by atoms with Crippen molar-refractivity contribution < 1.29 is 14.6 Å². The molecular weight excluding hydrogens is 268 g/mol. The molecule has 0 aliphatic carbocycles. The van der Waals surface area contributed by atoms with Gasteiger partial charge in [0.1, 0.15) is 6.61 Å². The van der Waals surface area contributed by atoms with E-state index in [1.807, 2.05) is 7.05 Å². The number of rotatable bonds is 3. The van der Waals surface area contributed by atoms with Gasteiger partial charge in [0.2, 0.25) is 0 Å². The van der Waals surface area contributed by atoms with Gasteiger partial charge < -0.3 is 20.1 Å². The number of hydrogen-bond donors (Lipinski definition) is 2. The average Bonchev–Trinajstić information content (AvgIpc) is 2.51. The largest absolute Gasteiger partial charge is 0.384 e. The number of amides is 1. The van der Waals surface area contributed by atoms with Gasteiger partial charge in [-0.3, -0.25) is 4.79 Å². The first-order valence-electron chi connectivity index (χ1n) is 6.97. The summed E-state index contributed by atoms with van der Waals surface area (Å²) < 4.78 is 5.60. The quantitative estimate of drug-likeness (QED) is 0.774. The molecule has 0 aromatic heterocycles. The van der Waals surface area contributed by atoms with Gasteiger partial charge in [-0.2, -0.15) is 0 Å². The van der Waals surface area contributed by atoms with E-state index in [1.54, 1.807) is 24.3 Å². The smallest absolute Gasteiger partial charge is 0.251 e. The fourth-order valence-corrected chi connectivity index (χ4v) is 2.15. The maximum atomic E-state index is 12.0. The Hall–Kier alpha value is -1.87. The molecule has 0 spiro atoms. The Labute approximate surface area is 124 Å². The lowest BCUT2D eigenvalue weighted by Crippen LogP contribution is -2.45. The summed E-state index contributed by atoms with van der Waals surface area (Å²) in [6.07, 6.45) is 0.0439. The number of nitrogens with one attached hydrogen (secondary N) is 1. The van der Waals surface area contributed by atoms with Crippen LogP contribution in [-0.2, 0) is 4.74 Å². The molecule has 1 amide bonds. The second-order valence-electron chi connectivity index (χ2n) is 5.00. The van der Waals surface area contributed by atoms with Crippen LogP contribution in [0.4, 0.5) is 0 Å². The van der Waals surface area contributed by atoms with Crippen LogP contribution in [-0.4, -0.2) is 61.9 Å². The minimum Gasteiger partial charge on any atom is -0.384 e. The van der Waals surface area contributed by atoms with Crippen molar-refractivity contribution in [2.75, 3.05) is 39.9 Å². The third kappa shape index (κ3) is 4.87. The number of carbonyl (C=O) groups excluding carboxylic acids is 1. The van der Waals surface area contributed by atoms with Crippen LogP contribution in [0.1, 0.15) is 15.9 Å². The van der Waals surface area contributed by atoms with Crippen molar-refractivity contribution in [2.45, 2.75) is 6.10 Å². The Morgan fingerprint density at radius 2 is 2.24 bits per heavy atom. The number of benzene rings is 1. The summed E-state index contributed by atoms with van der Waals surface area (Å²) in [5, 5.41) is 11.5. The van der Waals surface area contributed by atoms with Gasteiger partial charge in [0, 0.05) is 30.8 Å². The Kier molecular flexibility index (Phi) is 5.76. The fraction of sp³-hybridized carbons (Fsp3) is 0.438. The highest BCUT2D eigenvalue weighted by Gasteiger charge is 2.18. The third-order valence-corrected chi connectivity index (χ3v) is 3.29. The first-order chi connectivity index (χ1) is 10.2. The molecule has 112 valence electrons. The molecule has 1 aliphatic rings. The highest BCUT2D eigenvalue weighted by atomic mass is 16.5. The summed E-state index contributed by atoms with van der Waals surface area (Å²) in [6.45, 7) is 2.80. The van der Waals surface area contributed by atoms with Crippen LogP contribution in [0.15, 0.2) is 24.3 Å². The van der Waals surface area contributed by atoms with Crippen LogP contribution in [0.3, 0.4) is 0 Å². The second kappa shape index (κ2) is 7.79. The summed E-state index contributed by atoms with van der Waals surface area (Å²) >= 11 is 0.